The molecule has 2 aromatic rings. The fourth-order valence-corrected chi connectivity index (χ4v) is 1.70. The molecule has 0 heterocycles. The van der Waals surface area contributed by atoms with Crippen molar-refractivity contribution < 1.29 is 18.3 Å². The topological polar surface area (TPSA) is 38.3 Å². The van der Waals surface area contributed by atoms with Gasteiger partial charge in [-0.25, -0.2) is 8.78 Å². The van der Waals surface area contributed by atoms with Gasteiger partial charge in [-0.15, -0.1) is 0 Å². The zero-order valence-corrected chi connectivity index (χ0v) is 11.0. The first kappa shape index (κ1) is 14.3. The molecule has 104 valence electrons. The molecule has 0 saturated heterocycles. The molecule has 0 saturated carbocycles. The molecule has 0 aromatic heterocycles. The molecule has 0 aliphatic heterocycles. The first-order valence-electron chi connectivity index (χ1n) is 5.68. The summed E-state index contributed by atoms with van der Waals surface area (Å²) in [4.78, 5) is 11.6. The number of carbonyl (C=O) groups excluding carboxylic acids is 1. The summed E-state index contributed by atoms with van der Waals surface area (Å²) in [5, 5.41) is 2.52. The lowest BCUT2D eigenvalue weighted by molar-refractivity contribution is -0.118. The van der Waals surface area contributed by atoms with E-state index in [2.05, 4.69) is 5.32 Å². The third kappa shape index (κ3) is 3.68. The molecule has 0 unspecified atom stereocenters. The van der Waals surface area contributed by atoms with Gasteiger partial charge in [-0.1, -0.05) is 23.7 Å². The SMILES string of the molecule is O=C(COc1ccccc1F)Nc1ccc(F)cc1Cl. The van der Waals surface area contributed by atoms with Crippen molar-refractivity contribution in [1.29, 1.82) is 0 Å². The van der Waals surface area contributed by atoms with Crippen molar-refractivity contribution in [3.63, 3.8) is 0 Å². The smallest absolute Gasteiger partial charge is 0.262 e. The second kappa shape index (κ2) is 6.34. The first-order chi connectivity index (χ1) is 9.56. The van der Waals surface area contributed by atoms with Crippen molar-refractivity contribution in [2.75, 3.05) is 11.9 Å². The Kier molecular flexibility index (Phi) is 4.53. The van der Waals surface area contributed by atoms with Crippen LogP contribution in [0.5, 0.6) is 5.75 Å². The maximum Gasteiger partial charge on any atom is 0.262 e. The van der Waals surface area contributed by atoms with Crippen LogP contribution >= 0.6 is 11.6 Å². The predicted molar refractivity (Wildman–Crippen MR) is 71.9 cm³/mol. The fraction of sp³-hybridized carbons (Fsp3) is 0.0714. The number of rotatable bonds is 4. The molecule has 0 bridgehead atoms. The third-order valence-electron chi connectivity index (χ3n) is 2.40. The van der Waals surface area contributed by atoms with Gasteiger partial charge < -0.3 is 10.1 Å². The average molecular weight is 298 g/mol. The molecule has 20 heavy (non-hydrogen) atoms. The minimum atomic E-state index is -0.555. The molecule has 1 amide bonds. The Balaban J connectivity index is 1.94. The van der Waals surface area contributed by atoms with Gasteiger partial charge in [0.25, 0.3) is 5.91 Å². The Morgan fingerprint density at radius 2 is 1.95 bits per heavy atom. The number of benzene rings is 2. The number of nitrogens with one attached hydrogen (secondary N) is 1. The summed E-state index contributed by atoms with van der Waals surface area (Å²) in [6, 6.07) is 9.32. The van der Waals surface area contributed by atoms with Gasteiger partial charge in [0.05, 0.1) is 10.7 Å². The number of ether oxygens (including phenoxy) is 1. The summed E-state index contributed by atoms with van der Waals surface area (Å²) in [7, 11) is 0. The van der Waals surface area contributed by atoms with E-state index in [1.54, 1.807) is 6.07 Å². The number of halogens is 3. The molecule has 0 spiro atoms. The van der Waals surface area contributed by atoms with E-state index < -0.39 is 17.5 Å². The maximum absolute atomic E-state index is 13.3. The van der Waals surface area contributed by atoms with Crippen LogP contribution < -0.4 is 10.1 Å². The molecular formula is C14H10ClF2NO2. The number of hydrogen-bond donors (Lipinski definition) is 1. The van der Waals surface area contributed by atoms with E-state index in [0.717, 1.165) is 6.07 Å². The van der Waals surface area contributed by atoms with E-state index in [9.17, 15) is 13.6 Å². The standard InChI is InChI=1S/C14H10ClF2NO2/c15-10-7-9(16)5-6-12(10)18-14(19)8-20-13-4-2-1-3-11(13)17/h1-7H,8H2,(H,18,19). The highest BCUT2D eigenvalue weighted by Crippen LogP contribution is 2.22. The maximum atomic E-state index is 13.3. The van der Waals surface area contributed by atoms with Crippen molar-refractivity contribution in [3.8, 4) is 5.75 Å². The number of hydrogen-bond acceptors (Lipinski definition) is 2. The highest BCUT2D eigenvalue weighted by Gasteiger charge is 2.09. The van der Waals surface area contributed by atoms with Gasteiger partial charge in [-0.3, -0.25) is 4.79 Å². The fourth-order valence-electron chi connectivity index (χ4n) is 1.48. The van der Waals surface area contributed by atoms with E-state index in [1.165, 1.54) is 30.3 Å². The van der Waals surface area contributed by atoms with E-state index >= 15 is 0 Å². The minimum absolute atomic E-state index is 0.0205. The quantitative estimate of drug-likeness (QED) is 0.936. The summed E-state index contributed by atoms with van der Waals surface area (Å²) in [5.41, 5.74) is 0.259. The Hall–Kier alpha value is -2.14. The van der Waals surface area contributed by atoms with Crippen LogP contribution in [-0.4, -0.2) is 12.5 Å². The summed E-state index contributed by atoms with van der Waals surface area (Å²) in [6.45, 7) is -0.380. The van der Waals surface area contributed by atoms with Crippen LogP contribution in [0.15, 0.2) is 42.5 Å². The van der Waals surface area contributed by atoms with E-state index in [-0.39, 0.29) is 23.1 Å². The molecule has 2 rings (SSSR count). The molecule has 6 heteroatoms. The Bertz CT molecular complexity index is 634. The van der Waals surface area contributed by atoms with Crippen LogP contribution in [0.4, 0.5) is 14.5 Å². The molecule has 0 aliphatic rings. The number of anilines is 1. The summed E-state index contributed by atoms with van der Waals surface area (Å²) >= 11 is 5.76. The van der Waals surface area contributed by atoms with Crippen LogP contribution in [0.1, 0.15) is 0 Å². The van der Waals surface area contributed by atoms with Gasteiger partial charge in [0.2, 0.25) is 0 Å². The van der Waals surface area contributed by atoms with Crippen LogP contribution in [0.25, 0.3) is 0 Å². The van der Waals surface area contributed by atoms with Crippen molar-refractivity contribution >= 4 is 23.2 Å². The largest absolute Gasteiger partial charge is 0.481 e. The van der Waals surface area contributed by atoms with Gasteiger partial charge in [0.1, 0.15) is 5.82 Å². The summed E-state index contributed by atoms with van der Waals surface area (Å²) in [6.07, 6.45) is 0. The van der Waals surface area contributed by atoms with E-state index in [0.29, 0.717) is 0 Å². The first-order valence-corrected chi connectivity index (χ1v) is 6.06. The van der Waals surface area contributed by atoms with Gasteiger partial charge >= 0.3 is 0 Å². The molecule has 1 N–H and O–H groups in total. The zero-order valence-electron chi connectivity index (χ0n) is 10.2. The Labute approximate surface area is 119 Å². The number of carbonyl (C=O) groups is 1. The van der Waals surface area contributed by atoms with Gasteiger partial charge in [-0.2, -0.15) is 0 Å². The lowest BCUT2D eigenvalue weighted by Crippen LogP contribution is -2.20. The molecule has 0 aliphatic carbocycles. The monoisotopic (exact) mass is 297 g/mol. The van der Waals surface area contributed by atoms with Crippen LogP contribution in [0, 0.1) is 11.6 Å². The van der Waals surface area contributed by atoms with Gasteiger partial charge in [0.15, 0.2) is 18.2 Å². The lowest BCUT2D eigenvalue weighted by Gasteiger charge is -2.09. The highest BCUT2D eigenvalue weighted by atomic mass is 35.5. The van der Waals surface area contributed by atoms with Gasteiger partial charge in [0, 0.05) is 0 Å². The minimum Gasteiger partial charge on any atom is -0.481 e. The second-order valence-electron chi connectivity index (χ2n) is 3.89. The summed E-state index contributed by atoms with van der Waals surface area (Å²) < 4.78 is 31.1. The van der Waals surface area contributed by atoms with Crippen LogP contribution in [0.2, 0.25) is 5.02 Å². The van der Waals surface area contributed by atoms with E-state index in [1.807, 2.05) is 0 Å². The average Bonchev–Trinajstić information content (AvgIpc) is 2.41. The Morgan fingerprint density at radius 3 is 2.65 bits per heavy atom. The van der Waals surface area contributed by atoms with Crippen LogP contribution in [-0.2, 0) is 4.79 Å². The lowest BCUT2D eigenvalue weighted by atomic mass is 10.3. The van der Waals surface area contributed by atoms with Crippen molar-refractivity contribution in [2.24, 2.45) is 0 Å². The molecule has 0 atom stereocenters. The number of para-hydroxylation sites is 1. The predicted octanol–water partition coefficient (Wildman–Crippen LogP) is 3.64. The summed E-state index contributed by atoms with van der Waals surface area (Å²) in [5.74, 6) is -1.61. The van der Waals surface area contributed by atoms with Crippen molar-refractivity contribution in [2.45, 2.75) is 0 Å². The van der Waals surface area contributed by atoms with Gasteiger partial charge in [-0.05, 0) is 30.3 Å². The molecule has 3 nitrogen and oxygen atoms in total. The molecular weight excluding hydrogens is 288 g/mol. The molecule has 0 radical (unpaired) electrons. The van der Waals surface area contributed by atoms with Crippen molar-refractivity contribution in [3.05, 3.63) is 59.1 Å². The number of amides is 1. The van der Waals surface area contributed by atoms with Crippen LogP contribution in [0.3, 0.4) is 0 Å². The second-order valence-corrected chi connectivity index (χ2v) is 4.30. The third-order valence-corrected chi connectivity index (χ3v) is 2.71. The molecule has 0 fully saturated rings. The van der Waals surface area contributed by atoms with E-state index in [4.69, 9.17) is 16.3 Å². The van der Waals surface area contributed by atoms with Crippen molar-refractivity contribution in [1.82, 2.24) is 0 Å². The molecule has 2 aromatic carbocycles. The normalized spacial score (nSPS) is 10.2. The zero-order chi connectivity index (χ0) is 14.5. The Morgan fingerprint density at radius 1 is 1.20 bits per heavy atom. The highest BCUT2D eigenvalue weighted by molar-refractivity contribution is 6.33.